The van der Waals surface area contributed by atoms with Crippen molar-refractivity contribution in [3.8, 4) is 17.5 Å². The van der Waals surface area contributed by atoms with Crippen LogP contribution in [0.4, 0.5) is 5.95 Å². The second-order valence-corrected chi connectivity index (χ2v) is 3.59. The molecular weight excluding hydrogens is 252 g/mol. The summed E-state index contributed by atoms with van der Waals surface area (Å²) in [5.41, 5.74) is 0.0897. The van der Waals surface area contributed by atoms with Crippen LogP contribution >= 0.6 is 0 Å². The molecule has 0 aliphatic carbocycles. The van der Waals surface area contributed by atoms with Gasteiger partial charge in [0.25, 0.3) is 5.91 Å². The van der Waals surface area contributed by atoms with Gasteiger partial charge in [0.1, 0.15) is 11.5 Å². The highest BCUT2D eigenvalue weighted by molar-refractivity contribution is 6.03. The van der Waals surface area contributed by atoms with Crippen molar-refractivity contribution in [3.05, 3.63) is 23.8 Å². The molecule has 0 fully saturated rings. The van der Waals surface area contributed by atoms with E-state index in [4.69, 9.17) is 4.74 Å². The number of rotatable bonds is 4. The Kier molecular flexibility index (Phi) is 3.51. The molecule has 1 aromatic carbocycles. The number of H-pyrrole nitrogens is 1. The fourth-order valence-electron chi connectivity index (χ4n) is 1.40. The minimum Gasteiger partial charge on any atom is -0.508 e. The molecule has 2 aromatic rings. The largest absolute Gasteiger partial charge is 0.508 e. The highest BCUT2D eigenvalue weighted by atomic mass is 16.5. The fraction of sp³-hybridized carbons (Fsp3) is 0.182. The zero-order valence-electron chi connectivity index (χ0n) is 10.0. The third-order valence-electron chi connectivity index (χ3n) is 2.13. The minimum absolute atomic E-state index is 0.0897. The molecule has 0 aliphatic heterocycles. The van der Waals surface area contributed by atoms with Crippen molar-refractivity contribution in [1.29, 1.82) is 0 Å². The van der Waals surface area contributed by atoms with Gasteiger partial charge in [-0.1, -0.05) is 0 Å². The van der Waals surface area contributed by atoms with Gasteiger partial charge in [-0.3, -0.25) is 10.1 Å². The molecule has 0 radical (unpaired) electrons. The molecule has 8 nitrogen and oxygen atoms in total. The Morgan fingerprint density at radius 1 is 1.37 bits per heavy atom. The molecule has 0 aliphatic rings. The number of phenols is 2. The van der Waals surface area contributed by atoms with Crippen LogP contribution in [0.25, 0.3) is 0 Å². The van der Waals surface area contributed by atoms with E-state index in [9.17, 15) is 15.0 Å². The molecule has 0 saturated carbocycles. The second kappa shape index (κ2) is 5.25. The fourth-order valence-corrected chi connectivity index (χ4v) is 1.40. The number of nitrogens with one attached hydrogen (secondary N) is 2. The third-order valence-corrected chi connectivity index (χ3v) is 2.13. The van der Waals surface area contributed by atoms with E-state index in [0.717, 1.165) is 6.07 Å². The maximum absolute atomic E-state index is 11.8. The van der Waals surface area contributed by atoms with Crippen LogP contribution in [0, 0.1) is 0 Å². The second-order valence-electron chi connectivity index (χ2n) is 3.59. The standard InChI is InChI=1S/C11H12N4O4/c1-2-19-11-13-10(14-15-11)12-9(18)6-3-7(16)5-8(17)4-6/h3-5,16-17H,2H2,1H3,(H2,12,13,14,15,18). The van der Waals surface area contributed by atoms with Crippen LogP contribution in [0.3, 0.4) is 0 Å². The topological polar surface area (TPSA) is 120 Å². The van der Waals surface area contributed by atoms with Crippen molar-refractivity contribution in [2.75, 3.05) is 11.9 Å². The number of aromatic hydroxyl groups is 2. The monoisotopic (exact) mass is 264 g/mol. The van der Waals surface area contributed by atoms with Crippen LogP contribution in [-0.4, -0.2) is 37.9 Å². The molecule has 1 aromatic heterocycles. The summed E-state index contributed by atoms with van der Waals surface area (Å²) in [5.74, 6) is -0.864. The number of benzene rings is 1. The SMILES string of the molecule is CCOc1n[nH]c(NC(=O)c2cc(O)cc(O)c2)n1. The Balaban J connectivity index is 2.11. The van der Waals surface area contributed by atoms with Gasteiger partial charge >= 0.3 is 6.01 Å². The maximum atomic E-state index is 11.8. The number of carbonyl (C=O) groups excluding carboxylic acids is 1. The van der Waals surface area contributed by atoms with Gasteiger partial charge in [-0.2, -0.15) is 4.98 Å². The zero-order valence-corrected chi connectivity index (χ0v) is 10.0. The lowest BCUT2D eigenvalue weighted by Gasteiger charge is -2.03. The Labute approximate surface area is 108 Å². The Morgan fingerprint density at radius 2 is 2.05 bits per heavy atom. The van der Waals surface area contributed by atoms with E-state index in [1.54, 1.807) is 6.92 Å². The first-order chi connectivity index (χ1) is 9.08. The first-order valence-corrected chi connectivity index (χ1v) is 5.48. The highest BCUT2D eigenvalue weighted by Gasteiger charge is 2.11. The van der Waals surface area contributed by atoms with Crippen molar-refractivity contribution >= 4 is 11.9 Å². The molecule has 0 spiro atoms. The maximum Gasteiger partial charge on any atom is 0.337 e. The van der Waals surface area contributed by atoms with Gasteiger partial charge < -0.3 is 14.9 Å². The van der Waals surface area contributed by atoms with Crippen molar-refractivity contribution in [3.63, 3.8) is 0 Å². The molecule has 0 saturated heterocycles. The summed E-state index contributed by atoms with van der Waals surface area (Å²) in [5, 5.41) is 27.2. The summed E-state index contributed by atoms with van der Waals surface area (Å²) in [6.07, 6.45) is 0. The van der Waals surface area contributed by atoms with Crippen molar-refractivity contribution in [2.45, 2.75) is 6.92 Å². The molecule has 19 heavy (non-hydrogen) atoms. The van der Waals surface area contributed by atoms with Gasteiger partial charge in [-0.05, 0) is 19.1 Å². The molecule has 0 unspecified atom stereocenters. The van der Waals surface area contributed by atoms with E-state index in [1.807, 2.05) is 0 Å². The smallest absolute Gasteiger partial charge is 0.337 e. The molecule has 0 bridgehead atoms. The molecule has 4 N–H and O–H groups in total. The number of aromatic amines is 1. The van der Waals surface area contributed by atoms with E-state index >= 15 is 0 Å². The number of phenolic OH excluding ortho intramolecular Hbond substituents is 2. The van der Waals surface area contributed by atoms with Crippen LogP contribution in [0.5, 0.6) is 17.5 Å². The van der Waals surface area contributed by atoms with Gasteiger partial charge in [0.2, 0.25) is 5.95 Å². The van der Waals surface area contributed by atoms with Crippen LogP contribution in [-0.2, 0) is 0 Å². The summed E-state index contributed by atoms with van der Waals surface area (Å²) in [6, 6.07) is 3.68. The summed E-state index contributed by atoms with van der Waals surface area (Å²) in [4.78, 5) is 15.7. The average molecular weight is 264 g/mol. The highest BCUT2D eigenvalue weighted by Crippen LogP contribution is 2.21. The summed E-state index contributed by atoms with van der Waals surface area (Å²) < 4.78 is 5.03. The summed E-state index contributed by atoms with van der Waals surface area (Å²) in [6.45, 7) is 2.19. The van der Waals surface area contributed by atoms with Gasteiger partial charge in [0, 0.05) is 11.6 Å². The lowest BCUT2D eigenvalue weighted by Crippen LogP contribution is -2.12. The van der Waals surface area contributed by atoms with E-state index in [-0.39, 0.29) is 29.0 Å². The lowest BCUT2D eigenvalue weighted by atomic mass is 10.2. The number of nitrogens with zero attached hydrogens (tertiary/aromatic N) is 2. The van der Waals surface area contributed by atoms with Crippen LogP contribution in [0.1, 0.15) is 17.3 Å². The minimum atomic E-state index is -0.551. The Morgan fingerprint density at radius 3 is 2.68 bits per heavy atom. The lowest BCUT2D eigenvalue weighted by molar-refractivity contribution is 0.102. The predicted molar refractivity (Wildman–Crippen MR) is 65.3 cm³/mol. The van der Waals surface area contributed by atoms with E-state index in [2.05, 4.69) is 20.5 Å². The predicted octanol–water partition coefficient (Wildman–Crippen LogP) is 0.867. The molecule has 1 heterocycles. The molecular formula is C11H12N4O4. The summed E-state index contributed by atoms with van der Waals surface area (Å²) in [7, 11) is 0. The molecule has 100 valence electrons. The number of amides is 1. The number of carbonyl (C=O) groups is 1. The van der Waals surface area contributed by atoms with Gasteiger partial charge in [-0.25, -0.2) is 5.10 Å². The Hall–Kier alpha value is -2.77. The van der Waals surface area contributed by atoms with Crippen LogP contribution in [0.2, 0.25) is 0 Å². The van der Waals surface area contributed by atoms with E-state index < -0.39 is 5.91 Å². The van der Waals surface area contributed by atoms with E-state index in [0.29, 0.717) is 6.61 Å². The number of aromatic nitrogens is 3. The molecule has 1 amide bonds. The van der Waals surface area contributed by atoms with Crippen LogP contribution in [0.15, 0.2) is 18.2 Å². The zero-order chi connectivity index (χ0) is 13.8. The van der Waals surface area contributed by atoms with Crippen molar-refractivity contribution < 1.29 is 19.7 Å². The van der Waals surface area contributed by atoms with Crippen molar-refractivity contribution in [2.24, 2.45) is 0 Å². The van der Waals surface area contributed by atoms with Gasteiger partial charge in [0.05, 0.1) is 6.61 Å². The molecule has 8 heteroatoms. The van der Waals surface area contributed by atoms with Crippen molar-refractivity contribution in [1.82, 2.24) is 15.2 Å². The first-order valence-electron chi connectivity index (χ1n) is 5.48. The Bertz CT molecular complexity index is 576. The van der Waals surface area contributed by atoms with E-state index in [1.165, 1.54) is 12.1 Å². The average Bonchev–Trinajstić information content (AvgIpc) is 2.76. The van der Waals surface area contributed by atoms with Gasteiger partial charge in [-0.15, -0.1) is 5.10 Å². The third kappa shape index (κ3) is 3.12. The summed E-state index contributed by atoms with van der Waals surface area (Å²) >= 11 is 0. The number of ether oxygens (including phenoxy) is 1. The number of hydrogen-bond acceptors (Lipinski definition) is 6. The van der Waals surface area contributed by atoms with Crippen LogP contribution < -0.4 is 10.1 Å². The molecule has 0 atom stereocenters. The normalized spacial score (nSPS) is 10.2. The quantitative estimate of drug-likeness (QED) is 0.650. The number of hydrogen-bond donors (Lipinski definition) is 4. The first kappa shape index (κ1) is 12.7. The van der Waals surface area contributed by atoms with Gasteiger partial charge in [0.15, 0.2) is 0 Å². The number of anilines is 1. The molecule has 2 rings (SSSR count).